The maximum atomic E-state index is 3.41. The topological polar surface area (TPSA) is 12.0 Å². The first-order valence-corrected chi connectivity index (χ1v) is 4.52. The third-order valence-corrected chi connectivity index (χ3v) is 3.03. The van der Waals surface area contributed by atoms with Crippen molar-refractivity contribution >= 4 is 11.3 Å². The lowest BCUT2D eigenvalue weighted by Gasteiger charge is -2.34. The molecule has 10 heavy (non-hydrogen) atoms. The minimum Gasteiger partial charge on any atom is -0.309 e. The van der Waals surface area contributed by atoms with E-state index >= 15 is 0 Å². The number of thiophene rings is 1. The highest BCUT2D eigenvalue weighted by atomic mass is 32.1. The van der Waals surface area contributed by atoms with E-state index in [2.05, 4.69) is 29.8 Å². The Balaban J connectivity index is 2.14. The SMILES string of the molecule is C[C@H]1CN[C@@H]1c1cccs1. The van der Waals surface area contributed by atoms with Crippen LogP contribution >= 0.6 is 11.3 Å². The Hall–Kier alpha value is -0.340. The molecule has 2 atom stereocenters. The Morgan fingerprint density at radius 1 is 1.70 bits per heavy atom. The van der Waals surface area contributed by atoms with Crippen LogP contribution in [0.2, 0.25) is 0 Å². The Morgan fingerprint density at radius 3 is 3.00 bits per heavy atom. The van der Waals surface area contributed by atoms with Crippen LogP contribution in [0.15, 0.2) is 17.5 Å². The van der Waals surface area contributed by atoms with Gasteiger partial charge in [-0.05, 0) is 17.4 Å². The minimum atomic E-state index is 0.653. The van der Waals surface area contributed by atoms with Crippen LogP contribution in [0.5, 0.6) is 0 Å². The summed E-state index contributed by atoms with van der Waals surface area (Å²) in [6.07, 6.45) is 0. The van der Waals surface area contributed by atoms with E-state index in [0.717, 1.165) is 5.92 Å². The number of rotatable bonds is 1. The largest absolute Gasteiger partial charge is 0.309 e. The molecule has 0 aromatic carbocycles. The van der Waals surface area contributed by atoms with Gasteiger partial charge in [0.05, 0.1) is 0 Å². The minimum absolute atomic E-state index is 0.653. The molecule has 0 saturated carbocycles. The van der Waals surface area contributed by atoms with Gasteiger partial charge in [0.25, 0.3) is 0 Å². The van der Waals surface area contributed by atoms with Crippen LogP contribution in [0.4, 0.5) is 0 Å². The van der Waals surface area contributed by atoms with Gasteiger partial charge in [-0.3, -0.25) is 0 Å². The molecule has 1 fully saturated rings. The average molecular weight is 153 g/mol. The van der Waals surface area contributed by atoms with Gasteiger partial charge in [-0.2, -0.15) is 0 Å². The van der Waals surface area contributed by atoms with Crippen molar-refractivity contribution < 1.29 is 0 Å². The zero-order chi connectivity index (χ0) is 6.97. The fraction of sp³-hybridized carbons (Fsp3) is 0.500. The number of nitrogens with one attached hydrogen (secondary N) is 1. The molecule has 1 nitrogen and oxygen atoms in total. The van der Waals surface area contributed by atoms with Crippen LogP contribution in [0.1, 0.15) is 17.8 Å². The molecule has 2 heteroatoms. The van der Waals surface area contributed by atoms with Crippen molar-refractivity contribution in [1.82, 2.24) is 5.32 Å². The molecule has 1 N–H and O–H groups in total. The predicted molar refractivity (Wildman–Crippen MR) is 44.2 cm³/mol. The second kappa shape index (κ2) is 2.36. The van der Waals surface area contributed by atoms with Gasteiger partial charge < -0.3 is 5.32 Å². The third-order valence-electron chi connectivity index (χ3n) is 2.08. The van der Waals surface area contributed by atoms with E-state index in [4.69, 9.17) is 0 Å². The Kier molecular flexibility index (Phi) is 1.51. The maximum Gasteiger partial charge on any atom is 0.0453 e. The van der Waals surface area contributed by atoms with Crippen molar-refractivity contribution in [2.24, 2.45) is 5.92 Å². The van der Waals surface area contributed by atoms with Crippen molar-refractivity contribution in [2.45, 2.75) is 13.0 Å². The van der Waals surface area contributed by atoms with Crippen LogP contribution in [0.25, 0.3) is 0 Å². The molecule has 0 amide bonds. The number of hydrogen-bond acceptors (Lipinski definition) is 2. The lowest BCUT2D eigenvalue weighted by atomic mass is 9.93. The molecule has 1 aliphatic heterocycles. The number of hydrogen-bond donors (Lipinski definition) is 1. The summed E-state index contributed by atoms with van der Waals surface area (Å²) in [6, 6.07) is 4.98. The van der Waals surface area contributed by atoms with Gasteiger partial charge in [0, 0.05) is 17.5 Å². The lowest BCUT2D eigenvalue weighted by molar-refractivity contribution is 0.262. The maximum absolute atomic E-state index is 3.41. The molecule has 2 rings (SSSR count). The quantitative estimate of drug-likeness (QED) is 0.651. The van der Waals surface area contributed by atoms with Gasteiger partial charge in [0.2, 0.25) is 0 Å². The predicted octanol–water partition coefficient (Wildman–Crippen LogP) is 2.03. The highest BCUT2D eigenvalue weighted by molar-refractivity contribution is 7.10. The summed E-state index contributed by atoms with van der Waals surface area (Å²) in [5.74, 6) is 0.832. The van der Waals surface area contributed by atoms with E-state index in [1.54, 1.807) is 0 Å². The van der Waals surface area contributed by atoms with E-state index in [9.17, 15) is 0 Å². The standard InChI is InChI=1S/C8H11NS/c1-6-5-9-8(6)7-3-2-4-10-7/h2-4,6,8-9H,5H2,1H3/t6-,8-/m0/s1. The average Bonchev–Trinajstić information content (AvgIpc) is 2.37. The highest BCUT2D eigenvalue weighted by Crippen LogP contribution is 2.31. The molecule has 1 aromatic rings. The molecular weight excluding hydrogens is 142 g/mol. The van der Waals surface area contributed by atoms with Crippen molar-refractivity contribution in [1.29, 1.82) is 0 Å². The third kappa shape index (κ3) is 0.879. The summed E-state index contributed by atoms with van der Waals surface area (Å²) in [4.78, 5) is 1.48. The van der Waals surface area contributed by atoms with Crippen molar-refractivity contribution in [3.8, 4) is 0 Å². The summed E-state index contributed by atoms with van der Waals surface area (Å²) in [6.45, 7) is 3.48. The van der Waals surface area contributed by atoms with Crippen LogP contribution < -0.4 is 5.32 Å². The van der Waals surface area contributed by atoms with Crippen molar-refractivity contribution in [3.05, 3.63) is 22.4 Å². The molecule has 0 radical (unpaired) electrons. The highest BCUT2D eigenvalue weighted by Gasteiger charge is 2.27. The van der Waals surface area contributed by atoms with Crippen LogP contribution in [-0.4, -0.2) is 6.54 Å². The van der Waals surface area contributed by atoms with E-state index in [1.165, 1.54) is 11.4 Å². The summed E-state index contributed by atoms with van der Waals surface area (Å²) in [5.41, 5.74) is 0. The van der Waals surface area contributed by atoms with Gasteiger partial charge in [-0.25, -0.2) is 0 Å². The van der Waals surface area contributed by atoms with E-state index in [-0.39, 0.29) is 0 Å². The summed E-state index contributed by atoms with van der Waals surface area (Å²) in [5, 5.41) is 5.55. The van der Waals surface area contributed by atoms with E-state index < -0.39 is 0 Å². The van der Waals surface area contributed by atoms with E-state index in [1.807, 2.05) is 11.3 Å². The Bertz CT molecular complexity index is 205. The monoisotopic (exact) mass is 153 g/mol. The first-order valence-electron chi connectivity index (χ1n) is 3.65. The fourth-order valence-corrected chi connectivity index (χ4v) is 2.25. The molecule has 0 aliphatic carbocycles. The molecule has 2 heterocycles. The summed E-state index contributed by atoms with van der Waals surface area (Å²) in [7, 11) is 0. The molecule has 0 spiro atoms. The van der Waals surface area contributed by atoms with Crippen LogP contribution in [-0.2, 0) is 0 Å². The Morgan fingerprint density at radius 2 is 2.60 bits per heavy atom. The molecule has 54 valence electrons. The van der Waals surface area contributed by atoms with Crippen LogP contribution in [0, 0.1) is 5.92 Å². The van der Waals surface area contributed by atoms with Gasteiger partial charge in [0.15, 0.2) is 0 Å². The van der Waals surface area contributed by atoms with Gasteiger partial charge in [-0.1, -0.05) is 13.0 Å². The molecule has 1 saturated heterocycles. The summed E-state index contributed by atoms with van der Waals surface area (Å²) >= 11 is 1.85. The molecule has 1 aromatic heterocycles. The van der Waals surface area contributed by atoms with Crippen molar-refractivity contribution in [3.63, 3.8) is 0 Å². The van der Waals surface area contributed by atoms with Crippen LogP contribution in [0.3, 0.4) is 0 Å². The Labute approximate surface area is 65.1 Å². The van der Waals surface area contributed by atoms with Gasteiger partial charge >= 0.3 is 0 Å². The second-order valence-electron chi connectivity index (χ2n) is 2.88. The zero-order valence-electron chi connectivity index (χ0n) is 6.00. The smallest absolute Gasteiger partial charge is 0.0453 e. The normalized spacial score (nSPS) is 31.7. The first-order chi connectivity index (χ1) is 4.88. The second-order valence-corrected chi connectivity index (χ2v) is 3.86. The molecule has 0 bridgehead atoms. The molecule has 0 unspecified atom stereocenters. The molecule has 1 aliphatic rings. The fourth-order valence-electron chi connectivity index (χ4n) is 1.32. The first kappa shape index (κ1) is 6.38. The van der Waals surface area contributed by atoms with Gasteiger partial charge in [0.1, 0.15) is 0 Å². The lowest BCUT2D eigenvalue weighted by Crippen LogP contribution is -2.43. The van der Waals surface area contributed by atoms with E-state index in [0.29, 0.717) is 6.04 Å². The van der Waals surface area contributed by atoms with Crippen molar-refractivity contribution in [2.75, 3.05) is 6.54 Å². The summed E-state index contributed by atoms with van der Waals surface area (Å²) < 4.78 is 0. The molecular formula is C8H11NS. The zero-order valence-corrected chi connectivity index (χ0v) is 6.82. The van der Waals surface area contributed by atoms with Gasteiger partial charge in [-0.15, -0.1) is 11.3 Å².